The molecule has 1 fully saturated rings. The number of alkyl halides is 1. The SMILES string of the molecule is CC1CCCC1C(=O)N(CCCCl)C(C)C. The minimum Gasteiger partial charge on any atom is -0.340 e. The Kier molecular flexibility index (Phi) is 5.60. The summed E-state index contributed by atoms with van der Waals surface area (Å²) in [6.45, 7) is 7.19. The molecule has 1 saturated carbocycles. The number of hydrogen-bond acceptors (Lipinski definition) is 1. The predicted octanol–water partition coefficient (Wildman–Crippen LogP) is 3.29. The van der Waals surface area contributed by atoms with E-state index in [2.05, 4.69) is 20.8 Å². The maximum absolute atomic E-state index is 12.4. The van der Waals surface area contributed by atoms with E-state index >= 15 is 0 Å². The molecule has 3 heteroatoms. The van der Waals surface area contributed by atoms with E-state index < -0.39 is 0 Å². The monoisotopic (exact) mass is 245 g/mol. The summed E-state index contributed by atoms with van der Waals surface area (Å²) in [7, 11) is 0. The molecular formula is C13H24ClNO. The van der Waals surface area contributed by atoms with E-state index in [0.29, 0.717) is 23.7 Å². The van der Waals surface area contributed by atoms with Gasteiger partial charge in [-0.25, -0.2) is 0 Å². The Morgan fingerprint density at radius 1 is 1.44 bits per heavy atom. The topological polar surface area (TPSA) is 20.3 Å². The molecular weight excluding hydrogens is 222 g/mol. The molecule has 2 nitrogen and oxygen atoms in total. The number of halogens is 1. The van der Waals surface area contributed by atoms with Crippen molar-refractivity contribution in [1.29, 1.82) is 0 Å². The quantitative estimate of drug-likeness (QED) is 0.681. The van der Waals surface area contributed by atoms with Crippen molar-refractivity contribution in [1.82, 2.24) is 4.90 Å². The smallest absolute Gasteiger partial charge is 0.226 e. The minimum atomic E-state index is 0.262. The van der Waals surface area contributed by atoms with Crippen LogP contribution in [0.3, 0.4) is 0 Å². The molecule has 0 aromatic rings. The highest BCUT2D eigenvalue weighted by molar-refractivity contribution is 6.17. The molecule has 2 atom stereocenters. The Bertz CT molecular complexity index is 230. The van der Waals surface area contributed by atoms with Crippen LogP contribution < -0.4 is 0 Å². The first-order valence-electron chi connectivity index (χ1n) is 6.44. The van der Waals surface area contributed by atoms with E-state index in [1.54, 1.807) is 0 Å². The van der Waals surface area contributed by atoms with Crippen molar-refractivity contribution in [3.05, 3.63) is 0 Å². The van der Waals surface area contributed by atoms with Crippen molar-refractivity contribution in [2.45, 2.75) is 52.5 Å². The van der Waals surface area contributed by atoms with Gasteiger partial charge in [0.2, 0.25) is 5.91 Å². The molecule has 94 valence electrons. The molecule has 2 unspecified atom stereocenters. The largest absolute Gasteiger partial charge is 0.340 e. The van der Waals surface area contributed by atoms with Gasteiger partial charge in [-0.2, -0.15) is 0 Å². The second kappa shape index (κ2) is 6.48. The van der Waals surface area contributed by atoms with Crippen molar-refractivity contribution in [3.63, 3.8) is 0 Å². The number of rotatable bonds is 5. The van der Waals surface area contributed by atoms with Crippen LogP contribution in [0.4, 0.5) is 0 Å². The Morgan fingerprint density at radius 2 is 2.12 bits per heavy atom. The third-order valence-corrected chi connectivity index (χ3v) is 3.89. The molecule has 1 amide bonds. The van der Waals surface area contributed by atoms with Gasteiger partial charge in [0.15, 0.2) is 0 Å². The van der Waals surface area contributed by atoms with Crippen molar-refractivity contribution in [3.8, 4) is 0 Å². The van der Waals surface area contributed by atoms with Crippen LogP contribution in [0.5, 0.6) is 0 Å². The molecule has 0 radical (unpaired) electrons. The van der Waals surface area contributed by atoms with Crippen LogP contribution in [0, 0.1) is 11.8 Å². The Labute approximate surface area is 104 Å². The highest BCUT2D eigenvalue weighted by atomic mass is 35.5. The van der Waals surface area contributed by atoms with Gasteiger partial charge in [0.1, 0.15) is 0 Å². The number of carbonyl (C=O) groups excluding carboxylic acids is 1. The fourth-order valence-electron chi connectivity index (χ4n) is 2.58. The molecule has 0 aromatic carbocycles. The van der Waals surface area contributed by atoms with E-state index in [1.807, 2.05) is 4.90 Å². The van der Waals surface area contributed by atoms with Crippen LogP contribution in [-0.4, -0.2) is 29.3 Å². The summed E-state index contributed by atoms with van der Waals surface area (Å²) in [5.41, 5.74) is 0. The zero-order valence-corrected chi connectivity index (χ0v) is 11.5. The molecule has 0 aromatic heterocycles. The standard InChI is InChI=1S/C13H24ClNO/c1-10(2)15(9-5-8-14)13(16)12-7-4-6-11(12)3/h10-12H,4-9H2,1-3H3. The first-order valence-corrected chi connectivity index (χ1v) is 6.97. The van der Waals surface area contributed by atoms with Crippen LogP contribution in [0.1, 0.15) is 46.5 Å². The molecule has 1 aliphatic carbocycles. The molecule has 16 heavy (non-hydrogen) atoms. The van der Waals surface area contributed by atoms with Crippen molar-refractivity contribution in [2.75, 3.05) is 12.4 Å². The fraction of sp³-hybridized carbons (Fsp3) is 0.923. The third kappa shape index (κ3) is 3.38. The average Bonchev–Trinajstić information content (AvgIpc) is 2.64. The number of nitrogens with zero attached hydrogens (tertiary/aromatic N) is 1. The van der Waals surface area contributed by atoms with Gasteiger partial charge in [0.25, 0.3) is 0 Å². The van der Waals surface area contributed by atoms with E-state index in [9.17, 15) is 4.79 Å². The molecule has 0 aliphatic heterocycles. The summed E-state index contributed by atoms with van der Waals surface area (Å²) in [5, 5.41) is 0. The van der Waals surface area contributed by atoms with Gasteiger partial charge in [0.05, 0.1) is 0 Å². The third-order valence-electron chi connectivity index (χ3n) is 3.62. The lowest BCUT2D eigenvalue weighted by Gasteiger charge is -2.30. The second-order valence-corrected chi connectivity index (χ2v) is 5.56. The minimum absolute atomic E-state index is 0.262. The summed E-state index contributed by atoms with van der Waals surface area (Å²) >= 11 is 5.71. The van der Waals surface area contributed by atoms with E-state index in [4.69, 9.17) is 11.6 Å². The molecule has 0 bridgehead atoms. The first-order chi connectivity index (χ1) is 7.57. The molecule has 0 spiro atoms. The molecule has 1 aliphatic rings. The summed E-state index contributed by atoms with van der Waals surface area (Å²) in [6, 6.07) is 0.295. The maximum Gasteiger partial charge on any atom is 0.226 e. The highest BCUT2D eigenvalue weighted by Crippen LogP contribution is 2.33. The van der Waals surface area contributed by atoms with Crippen molar-refractivity contribution in [2.24, 2.45) is 11.8 Å². The predicted molar refractivity (Wildman–Crippen MR) is 68.7 cm³/mol. The van der Waals surface area contributed by atoms with Crippen LogP contribution in [0.2, 0.25) is 0 Å². The Balaban J connectivity index is 2.59. The number of carbonyl (C=O) groups is 1. The lowest BCUT2D eigenvalue weighted by Crippen LogP contribution is -2.42. The molecule has 1 rings (SSSR count). The Morgan fingerprint density at radius 3 is 2.56 bits per heavy atom. The maximum atomic E-state index is 12.4. The van der Waals surface area contributed by atoms with Gasteiger partial charge in [-0.05, 0) is 39.0 Å². The van der Waals surface area contributed by atoms with Crippen LogP contribution in [0.15, 0.2) is 0 Å². The van der Waals surface area contributed by atoms with Gasteiger partial charge < -0.3 is 4.90 Å². The van der Waals surface area contributed by atoms with E-state index in [0.717, 1.165) is 19.4 Å². The van der Waals surface area contributed by atoms with Gasteiger partial charge >= 0.3 is 0 Å². The van der Waals surface area contributed by atoms with Gasteiger partial charge in [-0.3, -0.25) is 4.79 Å². The lowest BCUT2D eigenvalue weighted by atomic mass is 9.96. The first kappa shape index (κ1) is 13.8. The van der Waals surface area contributed by atoms with Crippen molar-refractivity contribution >= 4 is 17.5 Å². The van der Waals surface area contributed by atoms with Gasteiger partial charge in [-0.15, -0.1) is 11.6 Å². The van der Waals surface area contributed by atoms with Crippen LogP contribution in [-0.2, 0) is 4.79 Å². The van der Waals surface area contributed by atoms with Crippen molar-refractivity contribution < 1.29 is 4.79 Å². The fourth-order valence-corrected chi connectivity index (χ4v) is 2.70. The highest BCUT2D eigenvalue weighted by Gasteiger charge is 2.33. The summed E-state index contributed by atoms with van der Waals surface area (Å²) in [6.07, 6.45) is 4.38. The van der Waals surface area contributed by atoms with Gasteiger partial charge in [-0.1, -0.05) is 13.3 Å². The molecule has 0 heterocycles. The van der Waals surface area contributed by atoms with Crippen LogP contribution >= 0.6 is 11.6 Å². The number of hydrogen-bond donors (Lipinski definition) is 0. The summed E-state index contributed by atoms with van der Waals surface area (Å²) in [5.74, 6) is 1.81. The van der Waals surface area contributed by atoms with E-state index in [1.165, 1.54) is 12.8 Å². The average molecular weight is 246 g/mol. The molecule has 0 N–H and O–H groups in total. The normalized spacial score (nSPS) is 25.1. The Hall–Kier alpha value is -0.240. The van der Waals surface area contributed by atoms with E-state index in [-0.39, 0.29) is 5.92 Å². The zero-order valence-electron chi connectivity index (χ0n) is 10.7. The molecule has 0 saturated heterocycles. The second-order valence-electron chi connectivity index (χ2n) is 5.18. The number of amides is 1. The lowest BCUT2D eigenvalue weighted by molar-refractivity contribution is -0.138. The zero-order chi connectivity index (χ0) is 12.1. The summed E-state index contributed by atoms with van der Waals surface area (Å²) < 4.78 is 0. The van der Waals surface area contributed by atoms with Gasteiger partial charge in [0, 0.05) is 24.4 Å². The summed E-state index contributed by atoms with van der Waals surface area (Å²) in [4.78, 5) is 14.4. The van der Waals surface area contributed by atoms with Crippen LogP contribution in [0.25, 0.3) is 0 Å².